The van der Waals surface area contributed by atoms with Crippen LogP contribution in [0.25, 0.3) is 16.8 Å². The summed E-state index contributed by atoms with van der Waals surface area (Å²) < 4.78 is 93.4. The Kier molecular flexibility index (Phi) is 6.26. The second-order valence-electron chi connectivity index (χ2n) is 8.11. The largest absolute Gasteiger partial charge is 0.418 e. The molecule has 0 aliphatic carbocycles. The van der Waals surface area contributed by atoms with Gasteiger partial charge in [0.05, 0.1) is 23.8 Å². The molecule has 1 aliphatic heterocycles. The van der Waals surface area contributed by atoms with Gasteiger partial charge in [0.2, 0.25) is 5.91 Å². The molecular formula is C21H17F7N6O2. The van der Waals surface area contributed by atoms with E-state index in [9.17, 15) is 40.3 Å². The first kappa shape index (κ1) is 25.2. The monoisotopic (exact) mass is 518 g/mol. The van der Waals surface area contributed by atoms with E-state index in [1.165, 1.54) is 24.3 Å². The number of rotatable bonds is 4. The van der Waals surface area contributed by atoms with Gasteiger partial charge in [-0.25, -0.2) is 13.9 Å². The first-order valence-electron chi connectivity index (χ1n) is 10.3. The molecule has 15 heteroatoms. The van der Waals surface area contributed by atoms with Gasteiger partial charge in [0, 0.05) is 17.7 Å². The van der Waals surface area contributed by atoms with Crippen molar-refractivity contribution in [3.05, 3.63) is 47.8 Å². The molecule has 0 saturated carbocycles. The summed E-state index contributed by atoms with van der Waals surface area (Å²) in [6.45, 7) is -1.08. The molecule has 0 unspecified atom stereocenters. The average Bonchev–Trinajstić information content (AvgIpc) is 3.35. The number of nitrogens with zero attached hydrogens (tertiary/aromatic N) is 4. The van der Waals surface area contributed by atoms with Crippen LogP contribution in [0.5, 0.6) is 0 Å². The number of nitrogens with one attached hydrogen (secondary N) is 1. The summed E-state index contributed by atoms with van der Waals surface area (Å²) in [7, 11) is 0. The number of likely N-dealkylation sites (tertiary alicyclic amines) is 1. The zero-order valence-electron chi connectivity index (χ0n) is 18.1. The first-order chi connectivity index (χ1) is 16.7. The predicted octanol–water partition coefficient (Wildman–Crippen LogP) is 3.23. The van der Waals surface area contributed by atoms with Gasteiger partial charge in [-0.15, -0.1) is 0 Å². The number of amides is 2. The number of benzene rings is 1. The van der Waals surface area contributed by atoms with E-state index < -0.39 is 72.8 Å². The highest BCUT2D eigenvalue weighted by Crippen LogP contribution is 2.38. The van der Waals surface area contributed by atoms with E-state index >= 15 is 0 Å². The number of nitrogens with two attached hydrogens (primary N) is 1. The number of hydrogen-bond acceptors (Lipinski definition) is 5. The fraction of sp³-hybridized carbons (Fsp3) is 0.333. The van der Waals surface area contributed by atoms with Crippen molar-refractivity contribution in [1.82, 2.24) is 24.8 Å². The molecule has 0 radical (unpaired) electrons. The number of hydrogen-bond donors (Lipinski definition) is 2. The highest BCUT2D eigenvalue weighted by atomic mass is 19.4. The van der Waals surface area contributed by atoms with E-state index in [-0.39, 0.29) is 16.8 Å². The summed E-state index contributed by atoms with van der Waals surface area (Å²) in [6, 6.07) is 4.89. The number of carbonyl (C=O) groups is 2. The van der Waals surface area contributed by atoms with Crippen LogP contribution >= 0.6 is 0 Å². The summed E-state index contributed by atoms with van der Waals surface area (Å²) in [6.07, 6.45) is -12.1. The van der Waals surface area contributed by atoms with Crippen LogP contribution in [0.1, 0.15) is 22.3 Å². The maximum atomic E-state index is 14.4. The van der Waals surface area contributed by atoms with Crippen molar-refractivity contribution in [2.24, 2.45) is 0 Å². The van der Waals surface area contributed by atoms with Gasteiger partial charge in [0.1, 0.15) is 24.4 Å². The Morgan fingerprint density at radius 2 is 1.83 bits per heavy atom. The quantitative estimate of drug-likeness (QED) is 0.516. The fourth-order valence-electron chi connectivity index (χ4n) is 3.95. The molecule has 3 aromatic rings. The molecule has 3 N–H and O–H groups in total. The van der Waals surface area contributed by atoms with Crippen molar-refractivity contribution in [2.45, 2.75) is 31.0 Å². The van der Waals surface area contributed by atoms with E-state index in [1.54, 1.807) is 0 Å². The number of fused-ring (bicyclic) bond motifs is 1. The number of halogens is 7. The summed E-state index contributed by atoms with van der Waals surface area (Å²) >= 11 is 0. The van der Waals surface area contributed by atoms with Gasteiger partial charge in [-0.05, 0) is 18.2 Å². The Morgan fingerprint density at radius 3 is 2.50 bits per heavy atom. The van der Waals surface area contributed by atoms with Crippen LogP contribution in [0.2, 0.25) is 0 Å². The molecule has 2 amide bonds. The lowest BCUT2D eigenvalue weighted by atomic mass is 10.1. The highest BCUT2D eigenvalue weighted by Gasteiger charge is 2.41. The topological polar surface area (TPSA) is 106 Å². The SMILES string of the molecule is Nc1ncnn2c(-c3cccc(C(=O)N[C@@H]4CN(C(=O)CC(F)(F)F)C[C@@H]4F)c3)cc(C(F)(F)F)c12. The Balaban J connectivity index is 1.57. The van der Waals surface area contributed by atoms with E-state index in [0.29, 0.717) is 4.90 Å². The maximum absolute atomic E-state index is 14.4. The van der Waals surface area contributed by atoms with Crippen LogP contribution < -0.4 is 11.1 Å². The third kappa shape index (κ3) is 5.04. The molecule has 2 aromatic heterocycles. The minimum Gasteiger partial charge on any atom is -0.382 e. The molecule has 1 saturated heterocycles. The molecule has 0 spiro atoms. The smallest absolute Gasteiger partial charge is 0.382 e. The molecule has 0 bridgehead atoms. The summed E-state index contributed by atoms with van der Waals surface area (Å²) in [5.41, 5.74) is 4.12. The first-order valence-corrected chi connectivity index (χ1v) is 10.3. The maximum Gasteiger partial charge on any atom is 0.418 e. The van der Waals surface area contributed by atoms with Crippen molar-refractivity contribution in [3.63, 3.8) is 0 Å². The number of anilines is 1. The lowest BCUT2D eigenvalue weighted by Gasteiger charge is -2.17. The third-order valence-electron chi connectivity index (χ3n) is 5.58. The van der Waals surface area contributed by atoms with Gasteiger partial charge in [-0.2, -0.15) is 31.4 Å². The van der Waals surface area contributed by atoms with Crippen molar-refractivity contribution in [3.8, 4) is 11.3 Å². The Labute approximate surface area is 197 Å². The molecule has 1 aliphatic rings. The number of alkyl halides is 7. The number of aromatic nitrogens is 3. The second-order valence-corrected chi connectivity index (χ2v) is 8.11. The molecule has 2 atom stereocenters. The lowest BCUT2D eigenvalue weighted by Crippen LogP contribution is -2.42. The van der Waals surface area contributed by atoms with Gasteiger partial charge in [-0.1, -0.05) is 12.1 Å². The summed E-state index contributed by atoms with van der Waals surface area (Å²) in [5, 5.41) is 6.15. The molecule has 192 valence electrons. The normalized spacial score (nSPS) is 18.6. The Hall–Kier alpha value is -3.91. The number of carbonyl (C=O) groups excluding carboxylic acids is 2. The molecule has 1 aromatic carbocycles. The minimum atomic E-state index is -4.77. The molecule has 36 heavy (non-hydrogen) atoms. The van der Waals surface area contributed by atoms with Crippen molar-refractivity contribution in [2.75, 3.05) is 18.8 Å². The van der Waals surface area contributed by atoms with Crippen LogP contribution in [-0.4, -0.2) is 62.8 Å². The Bertz CT molecular complexity index is 1320. The molecular weight excluding hydrogens is 501 g/mol. The molecule has 8 nitrogen and oxygen atoms in total. The van der Waals surface area contributed by atoms with E-state index in [1.807, 2.05) is 0 Å². The van der Waals surface area contributed by atoms with E-state index in [2.05, 4.69) is 15.4 Å². The van der Waals surface area contributed by atoms with Crippen LogP contribution in [0.3, 0.4) is 0 Å². The van der Waals surface area contributed by atoms with Gasteiger partial charge in [0.15, 0.2) is 5.82 Å². The standard InChI is InChI=1S/C21H17F7N6O2/c22-13-7-33(16(35)6-20(23,24)25)8-14(13)32-19(36)11-3-1-2-10(4-11)15-5-12(21(26,27)28)17-18(29)30-9-31-34(15)17/h1-5,9,13-14H,6-8H2,(H,32,36)(H2,29,30,31)/t13-,14+/m0/s1. The zero-order chi connectivity index (χ0) is 26.4. The van der Waals surface area contributed by atoms with Crippen LogP contribution in [0.15, 0.2) is 36.7 Å². The third-order valence-corrected chi connectivity index (χ3v) is 5.58. The molecule has 4 rings (SSSR count). The van der Waals surface area contributed by atoms with E-state index in [0.717, 1.165) is 16.9 Å². The number of nitrogen functional groups attached to an aromatic ring is 1. The Morgan fingerprint density at radius 1 is 1.11 bits per heavy atom. The van der Waals surface area contributed by atoms with Crippen LogP contribution in [0, 0.1) is 0 Å². The fourth-order valence-corrected chi connectivity index (χ4v) is 3.95. The van der Waals surface area contributed by atoms with E-state index in [4.69, 9.17) is 5.73 Å². The van der Waals surface area contributed by atoms with Crippen molar-refractivity contribution < 1.29 is 40.3 Å². The van der Waals surface area contributed by atoms with Gasteiger partial charge >= 0.3 is 12.4 Å². The second kappa shape index (κ2) is 8.95. The van der Waals surface area contributed by atoms with Crippen LogP contribution in [0.4, 0.5) is 36.6 Å². The molecule has 1 fully saturated rings. The van der Waals surface area contributed by atoms with Gasteiger partial charge in [-0.3, -0.25) is 9.59 Å². The van der Waals surface area contributed by atoms with Crippen molar-refractivity contribution in [1.29, 1.82) is 0 Å². The lowest BCUT2D eigenvalue weighted by molar-refractivity contribution is -0.160. The van der Waals surface area contributed by atoms with Crippen LogP contribution in [-0.2, 0) is 11.0 Å². The summed E-state index contributed by atoms with van der Waals surface area (Å²) in [4.78, 5) is 28.7. The molecule has 3 heterocycles. The highest BCUT2D eigenvalue weighted by molar-refractivity contribution is 5.96. The summed E-state index contributed by atoms with van der Waals surface area (Å²) in [5.74, 6) is -2.55. The van der Waals surface area contributed by atoms with Gasteiger partial charge < -0.3 is 16.0 Å². The van der Waals surface area contributed by atoms with Gasteiger partial charge in [0.25, 0.3) is 5.91 Å². The zero-order valence-corrected chi connectivity index (χ0v) is 18.1. The predicted molar refractivity (Wildman–Crippen MR) is 111 cm³/mol. The average molecular weight is 518 g/mol. The van der Waals surface area contributed by atoms with Crippen molar-refractivity contribution >= 4 is 23.1 Å². The minimum absolute atomic E-state index is 0.0470.